The molecule has 0 saturated carbocycles. The maximum atomic E-state index is 5.77. The Labute approximate surface area is 116 Å². The fraction of sp³-hybridized carbons (Fsp3) is 0.500. The molecular formula is C14H17BrN2O. The highest BCUT2D eigenvalue weighted by atomic mass is 79.9. The summed E-state index contributed by atoms with van der Waals surface area (Å²) in [5, 5.41) is 3.48. The molecule has 0 aromatic heterocycles. The molecule has 3 nitrogen and oxygen atoms in total. The standard InChI is InChI=1S/C14H17BrN2O/c15-11-6-4-10(5-7-11)13-9-18-14(17-13)12-3-1-2-8-16-12/h4-7,12-13,16H,1-3,8-9H2. The van der Waals surface area contributed by atoms with E-state index in [4.69, 9.17) is 9.73 Å². The lowest BCUT2D eigenvalue weighted by Gasteiger charge is -2.22. The van der Waals surface area contributed by atoms with E-state index in [1.165, 1.54) is 18.4 Å². The number of benzene rings is 1. The van der Waals surface area contributed by atoms with Gasteiger partial charge in [-0.1, -0.05) is 34.5 Å². The van der Waals surface area contributed by atoms with E-state index in [0.717, 1.165) is 23.3 Å². The Balaban J connectivity index is 1.72. The van der Waals surface area contributed by atoms with Crippen molar-refractivity contribution in [2.24, 2.45) is 4.99 Å². The molecule has 1 saturated heterocycles. The average Bonchev–Trinajstić information content (AvgIpc) is 2.90. The number of piperidine rings is 1. The molecule has 1 fully saturated rings. The van der Waals surface area contributed by atoms with E-state index in [9.17, 15) is 0 Å². The fourth-order valence-corrected chi connectivity index (χ4v) is 2.77. The summed E-state index contributed by atoms with van der Waals surface area (Å²) in [6.07, 6.45) is 3.68. The predicted octanol–water partition coefficient (Wildman–Crippen LogP) is 3.06. The number of halogens is 1. The molecule has 0 spiro atoms. The van der Waals surface area contributed by atoms with Crippen LogP contribution in [0.4, 0.5) is 0 Å². The lowest BCUT2D eigenvalue weighted by molar-refractivity contribution is 0.293. The van der Waals surface area contributed by atoms with Gasteiger partial charge in [-0.3, -0.25) is 0 Å². The van der Waals surface area contributed by atoms with Crippen molar-refractivity contribution in [1.82, 2.24) is 5.32 Å². The van der Waals surface area contributed by atoms with Crippen molar-refractivity contribution >= 4 is 21.8 Å². The summed E-state index contributed by atoms with van der Waals surface area (Å²) in [6.45, 7) is 1.76. The summed E-state index contributed by atoms with van der Waals surface area (Å²) in [5.41, 5.74) is 1.23. The van der Waals surface area contributed by atoms with Gasteiger partial charge in [0.05, 0.1) is 6.04 Å². The Kier molecular flexibility index (Phi) is 3.66. The zero-order chi connectivity index (χ0) is 12.4. The number of hydrogen-bond acceptors (Lipinski definition) is 3. The molecule has 1 aromatic carbocycles. The van der Waals surface area contributed by atoms with Gasteiger partial charge in [-0.2, -0.15) is 0 Å². The van der Waals surface area contributed by atoms with Crippen LogP contribution in [0.15, 0.2) is 33.7 Å². The van der Waals surface area contributed by atoms with Crippen LogP contribution in [0.25, 0.3) is 0 Å². The van der Waals surface area contributed by atoms with Gasteiger partial charge in [0.2, 0.25) is 5.90 Å². The Morgan fingerprint density at radius 1 is 1.22 bits per heavy atom. The second kappa shape index (κ2) is 5.41. The SMILES string of the molecule is Brc1ccc(C2COC(C3CCCCN3)=N2)cc1. The molecule has 1 N–H and O–H groups in total. The fourth-order valence-electron chi connectivity index (χ4n) is 2.50. The summed E-state index contributed by atoms with van der Waals surface area (Å²) in [5.74, 6) is 0.905. The van der Waals surface area contributed by atoms with Gasteiger partial charge in [0.15, 0.2) is 0 Å². The molecular weight excluding hydrogens is 292 g/mol. The van der Waals surface area contributed by atoms with Crippen molar-refractivity contribution in [2.45, 2.75) is 31.3 Å². The van der Waals surface area contributed by atoms with Crippen LogP contribution in [0.5, 0.6) is 0 Å². The number of hydrogen-bond donors (Lipinski definition) is 1. The highest BCUT2D eigenvalue weighted by Gasteiger charge is 2.27. The lowest BCUT2D eigenvalue weighted by atomic mass is 10.1. The Morgan fingerprint density at radius 3 is 2.78 bits per heavy atom. The minimum absolute atomic E-state index is 0.164. The third-order valence-electron chi connectivity index (χ3n) is 3.54. The third kappa shape index (κ3) is 2.59. The zero-order valence-corrected chi connectivity index (χ0v) is 11.8. The van der Waals surface area contributed by atoms with E-state index in [2.05, 4.69) is 45.5 Å². The zero-order valence-electron chi connectivity index (χ0n) is 10.2. The average molecular weight is 309 g/mol. The van der Waals surface area contributed by atoms with Crippen molar-refractivity contribution in [2.75, 3.05) is 13.2 Å². The van der Waals surface area contributed by atoms with Crippen LogP contribution < -0.4 is 5.32 Å². The maximum Gasteiger partial charge on any atom is 0.201 e. The number of nitrogens with one attached hydrogen (secondary N) is 1. The van der Waals surface area contributed by atoms with E-state index < -0.39 is 0 Å². The topological polar surface area (TPSA) is 33.6 Å². The normalized spacial score (nSPS) is 27.7. The molecule has 4 heteroatoms. The smallest absolute Gasteiger partial charge is 0.201 e. The van der Waals surface area contributed by atoms with Crippen molar-refractivity contribution in [1.29, 1.82) is 0 Å². The quantitative estimate of drug-likeness (QED) is 0.911. The van der Waals surface area contributed by atoms with Crippen LogP contribution in [-0.2, 0) is 4.74 Å². The summed E-state index contributed by atoms with van der Waals surface area (Å²) in [7, 11) is 0. The highest BCUT2D eigenvalue weighted by molar-refractivity contribution is 9.10. The molecule has 0 amide bonds. The number of aliphatic imine (C=N–C) groups is 1. The highest BCUT2D eigenvalue weighted by Crippen LogP contribution is 2.26. The van der Waals surface area contributed by atoms with Crippen LogP contribution in [0, 0.1) is 0 Å². The van der Waals surface area contributed by atoms with Crippen molar-refractivity contribution in [3.8, 4) is 0 Å². The molecule has 2 aliphatic heterocycles. The van der Waals surface area contributed by atoms with Crippen LogP contribution in [-0.4, -0.2) is 25.1 Å². The first-order chi connectivity index (χ1) is 8.83. The van der Waals surface area contributed by atoms with Gasteiger partial charge >= 0.3 is 0 Å². The molecule has 2 unspecified atom stereocenters. The predicted molar refractivity (Wildman–Crippen MR) is 75.9 cm³/mol. The molecule has 96 valence electrons. The molecule has 2 aliphatic rings. The monoisotopic (exact) mass is 308 g/mol. The van der Waals surface area contributed by atoms with Crippen LogP contribution in [0.1, 0.15) is 30.9 Å². The largest absolute Gasteiger partial charge is 0.477 e. The van der Waals surface area contributed by atoms with Gasteiger partial charge < -0.3 is 10.1 Å². The van der Waals surface area contributed by atoms with Crippen molar-refractivity contribution in [3.63, 3.8) is 0 Å². The van der Waals surface area contributed by atoms with Crippen LogP contribution in [0.2, 0.25) is 0 Å². The molecule has 0 aliphatic carbocycles. The molecule has 0 bridgehead atoms. The van der Waals surface area contributed by atoms with E-state index >= 15 is 0 Å². The molecule has 18 heavy (non-hydrogen) atoms. The first kappa shape index (κ1) is 12.2. The van der Waals surface area contributed by atoms with Gasteiger partial charge in [-0.15, -0.1) is 0 Å². The van der Waals surface area contributed by atoms with Crippen molar-refractivity contribution in [3.05, 3.63) is 34.3 Å². The van der Waals surface area contributed by atoms with Gasteiger partial charge in [-0.25, -0.2) is 4.99 Å². The van der Waals surface area contributed by atoms with E-state index in [1.54, 1.807) is 0 Å². The number of rotatable bonds is 2. The summed E-state index contributed by atoms with van der Waals surface area (Å²) >= 11 is 3.45. The Morgan fingerprint density at radius 2 is 2.06 bits per heavy atom. The third-order valence-corrected chi connectivity index (χ3v) is 4.06. The molecule has 0 radical (unpaired) electrons. The van der Waals surface area contributed by atoms with Crippen LogP contribution in [0.3, 0.4) is 0 Å². The van der Waals surface area contributed by atoms with E-state index in [-0.39, 0.29) is 6.04 Å². The molecule has 2 heterocycles. The first-order valence-electron chi connectivity index (χ1n) is 6.52. The van der Waals surface area contributed by atoms with Gasteiger partial charge in [0.25, 0.3) is 0 Å². The number of ether oxygens (including phenoxy) is 1. The molecule has 1 aromatic rings. The minimum atomic E-state index is 0.164. The van der Waals surface area contributed by atoms with Gasteiger partial charge in [0, 0.05) is 4.47 Å². The summed E-state index contributed by atoms with van der Waals surface area (Å²) in [6, 6.07) is 8.83. The van der Waals surface area contributed by atoms with E-state index in [1.807, 2.05) is 0 Å². The first-order valence-corrected chi connectivity index (χ1v) is 7.31. The summed E-state index contributed by atoms with van der Waals surface area (Å²) in [4.78, 5) is 4.73. The second-order valence-corrected chi connectivity index (χ2v) is 5.76. The van der Waals surface area contributed by atoms with Crippen LogP contribution >= 0.6 is 15.9 Å². The van der Waals surface area contributed by atoms with E-state index in [0.29, 0.717) is 12.6 Å². The Hall–Kier alpha value is -0.870. The van der Waals surface area contributed by atoms with Crippen molar-refractivity contribution < 1.29 is 4.74 Å². The number of nitrogens with zero attached hydrogens (tertiary/aromatic N) is 1. The van der Waals surface area contributed by atoms with Gasteiger partial charge in [0.1, 0.15) is 12.6 Å². The second-order valence-electron chi connectivity index (χ2n) is 4.85. The lowest BCUT2D eigenvalue weighted by Crippen LogP contribution is -2.40. The minimum Gasteiger partial charge on any atom is -0.477 e. The molecule has 3 rings (SSSR count). The summed E-state index contributed by atoms with van der Waals surface area (Å²) < 4.78 is 6.87. The Bertz CT molecular complexity index is 438. The maximum absolute atomic E-state index is 5.77. The molecule has 2 atom stereocenters. The van der Waals surface area contributed by atoms with Gasteiger partial charge in [-0.05, 0) is 37.1 Å².